The van der Waals surface area contributed by atoms with Crippen molar-refractivity contribution in [3.8, 4) is 0 Å². The Kier molecular flexibility index (Phi) is 6.73. The Hall–Kier alpha value is -2.99. The molecule has 0 spiro atoms. The van der Waals surface area contributed by atoms with Crippen molar-refractivity contribution < 1.29 is 17.9 Å². The summed E-state index contributed by atoms with van der Waals surface area (Å²) in [6, 6.07) is 14.4. The average molecular weight is 526 g/mol. The minimum Gasteiger partial charge on any atom is -0.379 e. The molecule has 0 radical (unpaired) electrons. The van der Waals surface area contributed by atoms with Crippen LogP contribution in [0.3, 0.4) is 0 Å². The molecule has 11 heteroatoms. The van der Waals surface area contributed by atoms with Gasteiger partial charge in [0.1, 0.15) is 0 Å². The van der Waals surface area contributed by atoms with Gasteiger partial charge in [-0.25, -0.2) is 8.42 Å². The SMILES string of the molecule is Cc1cc2nnc(SC(C)C(=O)Nc3ccc(S(=O)(=O)N4CCOCC4)cc3)n2c2c(C)cccc12. The standard InChI is InChI=1S/C25H27N5O4S2/c1-16-5-4-6-21-17(2)15-22-27-28-25(30(22)23(16)21)35-18(3)24(31)26-19-7-9-20(10-8-19)36(32,33)29-11-13-34-14-12-29/h4-10,15,18H,11-14H2,1-3H3,(H,26,31). The number of aromatic nitrogens is 3. The Balaban J connectivity index is 1.32. The molecule has 1 atom stereocenters. The quantitative estimate of drug-likeness (QED) is 0.383. The van der Waals surface area contributed by atoms with Gasteiger partial charge in [0.15, 0.2) is 10.8 Å². The predicted molar refractivity (Wildman–Crippen MR) is 140 cm³/mol. The number of sulfonamides is 1. The van der Waals surface area contributed by atoms with E-state index < -0.39 is 15.3 Å². The second-order valence-electron chi connectivity index (χ2n) is 8.76. The lowest BCUT2D eigenvalue weighted by molar-refractivity contribution is -0.115. The van der Waals surface area contributed by atoms with Crippen molar-refractivity contribution in [3.05, 3.63) is 59.7 Å². The zero-order chi connectivity index (χ0) is 25.4. The summed E-state index contributed by atoms with van der Waals surface area (Å²) < 4.78 is 34.3. The maximum Gasteiger partial charge on any atom is 0.243 e. The van der Waals surface area contributed by atoms with Crippen molar-refractivity contribution in [2.24, 2.45) is 0 Å². The number of carbonyl (C=O) groups excluding carboxylic acids is 1. The number of fused-ring (bicyclic) bond motifs is 3. The second-order valence-corrected chi connectivity index (χ2v) is 12.0. The summed E-state index contributed by atoms with van der Waals surface area (Å²) in [6.07, 6.45) is 0. The number of hydrogen-bond donors (Lipinski definition) is 1. The molecule has 5 rings (SSSR count). The van der Waals surface area contributed by atoms with Crippen molar-refractivity contribution in [3.63, 3.8) is 0 Å². The number of morpholine rings is 1. The Morgan fingerprint density at radius 1 is 1.06 bits per heavy atom. The number of benzene rings is 2. The number of ether oxygens (including phenoxy) is 1. The summed E-state index contributed by atoms with van der Waals surface area (Å²) in [7, 11) is -3.58. The van der Waals surface area contributed by atoms with Gasteiger partial charge in [-0.15, -0.1) is 10.2 Å². The zero-order valence-electron chi connectivity index (χ0n) is 20.3. The van der Waals surface area contributed by atoms with Crippen LogP contribution in [-0.4, -0.2) is 64.8 Å². The van der Waals surface area contributed by atoms with Gasteiger partial charge in [0.25, 0.3) is 0 Å². The second kappa shape index (κ2) is 9.81. The van der Waals surface area contributed by atoms with E-state index in [9.17, 15) is 13.2 Å². The van der Waals surface area contributed by atoms with Crippen LogP contribution in [0.1, 0.15) is 18.1 Å². The number of amides is 1. The molecule has 0 saturated carbocycles. The number of pyridine rings is 1. The Labute approximate surface area is 213 Å². The number of aryl methyl sites for hydroxylation is 2. The van der Waals surface area contributed by atoms with Crippen LogP contribution in [0.5, 0.6) is 0 Å². The van der Waals surface area contributed by atoms with Crippen LogP contribution in [0, 0.1) is 13.8 Å². The van der Waals surface area contributed by atoms with E-state index in [0.29, 0.717) is 37.1 Å². The smallest absolute Gasteiger partial charge is 0.243 e. The first kappa shape index (κ1) is 24.7. The number of hydrogen-bond acceptors (Lipinski definition) is 7. The Morgan fingerprint density at radius 2 is 1.78 bits per heavy atom. The first-order chi connectivity index (χ1) is 17.3. The molecule has 1 N–H and O–H groups in total. The van der Waals surface area contributed by atoms with Crippen LogP contribution in [0.15, 0.2) is 58.6 Å². The first-order valence-electron chi connectivity index (χ1n) is 11.7. The molecule has 1 unspecified atom stereocenters. The molecule has 1 fully saturated rings. The highest BCUT2D eigenvalue weighted by Gasteiger charge is 2.26. The van der Waals surface area contributed by atoms with E-state index in [-0.39, 0.29) is 10.8 Å². The minimum atomic E-state index is -3.58. The molecule has 0 aliphatic carbocycles. The number of thioether (sulfide) groups is 1. The van der Waals surface area contributed by atoms with Crippen molar-refractivity contribution in [1.29, 1.82) is 0 Å². The topological polar surface area (TPSA) is 106 Å². The van der Waals surface area contributed by atoms with Gasteiger partial charge >= 0.3 is 0 Å². The summed E-state index contributed by atoms with van der Waals surface area (Å²) in [5.74, 6) is -0.214. The number of anilines is 1. The van der Waals surface area contributed by atoms with E-state index in [1.807, 2.05) is 23.5 Å². The zero-order valence-corrected chi connectivity index (χ0v) is 21.9. The molecule has 2 aromatic heterocycles. The lowest BCUT2D eigenvalue weighted by Gasteiger charge is -2.26. The third kappa shape index (κ3) is 4.59. The Bertz CT molecular complexity index is 1540. The number of nitrogens with one attached hydrogen (secondary N) is 1. The molecule has 1 aliphatic rings. The van der Waals surface area contributed by atoms with Crippen LogP contribution in [0.2, 0.25) is 0 Å². The fourth-order valence-electron chi connectivity index (χ4n) is 4.31. The van der Waals surface area contributed by atoms with Gasteiger partial charge < -0.3 is 10.1 Å². The summed E-state index contributed by atoms with van der Waals surface area (Å²) in [4.78, 5) is 13.2. The number of para-hydroxylation sites is 1. The van der Waals surface area contributed by atoms with Crippen molar-refractivity contribution in [2.45, 2.75) is 36.1 Å². The van der Waals surface area contributed by atoms with Crippen LogP contribution < -0.4 is 5.32 Å². The lowest BCUT2D eigenvalue weighted by atomic mass is 10.1. The van der Waals surface area contributed by atoms with E-state index in [4.69, 9.17) is 4.74 Å². The largest absolute Gasteiger partial charge is 0.379 e. The molecule has 3 heterocycles. The highest BCUT2D eigenvalue weighted by Crippen LogP contribution is 2.30. The van der Waals surface area contributed by atoms with Gasteiger partial charge in [0.05, 0.1) is 28.9 Å². The van der Waals surface area contributed by atoms with Crippen molar-refractivity contribution in [1.82, 2.24) is 18.9 Å². The van der Waals surface area contributed by atoms with Crippen molar-refractivity contribution in [2.75, 3.05) is 31.6 Å². The monoisotopic (exact) mass is 525 g/mol. The summed E-state index contributed by atoms with van der Waals surface area (Å²) in [5, 5.41) is 12.9. The Morgan fingerprint density at radius 3 is 2.50 bits per heavy atom. The molecule has 36 heavy (non-hydrogen) atoms. The van der Waals surface area contributed by atoms with Gasteiger partial charge in [-0.2, -0.15) is 4.31 Å². The molecule has 1 amide bonds. The van der Waals surface area contributed by atoms with E-state index >= 15 is 0 Å². The van der Waals surface area contributed by atoms with Crippen molar-refractivity contribution >= 4 is 49.9 Å². The molecule has 4 aromatic rings. The van der Waals surface area contributed by atoms with Gasteiger partial charge in [-0.3, -0.25) is 9.20 Å². The number of carbonyl (C=O) groups is 1. The normalized spacial score (nSPS) is 15.9. The maximum absolute atomic E-state index is 13.0. The fraction of sp³-hybridized carbons (Fsp3) is 0.320. The van der Waals surface area contributed by atoms with Crippen LogP contribution in [-0.2, 0) is 19.6 Å². The number of nitrogens with zero attached hydrogens (tertiary/aromatic N) is 4. The van der Waals surface area contributed by atoms with Gasteiger partial charge in [0, 0.05) is 24.2 Å². The average Bonchev–Trinajstić information content (AvgIpc) is 3.27. The molecule has 188 valence electrons. The summed E-state index contributed by atoms with van der Waals surface area (Å²) in [6.45, 7) is 7.36. The molecule has 9 nitrogen and oxygen atoms in total. The molecule has 2 aromatic carbocycles. The van der Waals surface area contributed by atoms with E-state index in [2.05, 4.69) is 41.5 Å². The van der Waals surface area contributed by atoms with E-state index in [1.165, 1.54) is 28.2 Å². The molecular weight excluding hydrogens is 498 g/mol. The predicted octanol–water partition coefficient (Wildman–Crippen LogP) is 3.64. The van der Waals surface area contributed by atoms with E-state index in [1.54, 1.807) is 12.1 Å². The summed E-state index contributed by atoms with van der Waals surface area (Å²) in [5.41, 5.74) is 4.52. The fourth-order valence-corrected chi connectivity index (χ4v) is 6.58. The molecule has 1 saturated heterocycles. The molecule has 1 aliphatic heterocycles. The van der Waals surface area contributed by atoms with Crippen LogP contribution in [0.25, 0.3) is 16.6 Å². The third-order valence-electron chi connectivity index (χ3n) is 6.27. The minimum absolute atomic E-state index is 0.192. The van der Waals surface area contributed by atoms with E-state index in [0.717, 1.165) is 27.7 Å². The highest BCUT2D eigenvalue weighted by atomic mass is 32.2. The first-order valence-corrected chi connectivity index (χ1v) is 14.0. The van der Waals surface area contributed by atoms with Gasteiger partial charge in [-0.05, 0) is 62.2 Å². The molecular formula is C25H27N5O4S2. The van der Waals surface area contributed by atoms with Gasteiger partial charge in [0.2, 0.25) is 15.9 Å². The lowest BCUT2D eigenvalue weighted by Crippen LogP contribution is -2.40. The highest BCUT2D eigenvalue weighted by molar-refractivity contribution is 8.00. The maximum atomic E-state index is 13.0. The van der Waals surface area contributed by atoms with Crippen LogP contribution >= 0.6 is 11.8 Å². The van der Waals surface area contributed by atoms with Crippen LogP contribution in [0.4, 0.5) is 5.69 Å². The molecule has 0 bridgehead atoms. The third-order valence-corrected chi connectivity index (χ3v) is 9.23. The number of rotatable bonds is 6. The summed E-state index contributed by atoms with van der Waals surface area (Å²) >= 11 is 1.33. The van der Waals surface area contributed by atoms with Gasteiger partial charge in [-0.1, -0.05) is 30.0 Å².